The molecular weight excluding hydrogens is 436 g/mol. The van der Waals surface area contributed by atoms with Crippen LogP contribution in [-0.2, 0) is 4.79 Å². The maximum absolute atomic E-state index is 13.4. The lowest BCUT2D eigenvalue weighted by Crippen LogP contribution is -2.49. The van der Waals surface area contributed by atoms with Gasteiger partial charge in [-0.05, 0) is 42.5 Å². The Kier molecular flexibility index (Phi) is 5.77. The summed E-state index contributed by atoms with van der Waals surface area (Å²) >= 11 is 6.49. The van der Waals surface area contributed by atoms with Crippen LogP contribution >= 0.6 is 11.6 Å². The molecule has 1 amide bonds. The van der Waals surface area contributed by atoms with E-state index >= 15 is 0 Å². The maximum atomic E-state index is 13.4. The number of nitrogens with one attached hydrogen (secondary N) is 1. The number of hydrazine groups is 1. The monoisotopic (exact) mass is 460 g/mol. The highest BCUT2D eigenvalue weighted by atomic mass is 35.5. The average Bonchev–Trinajstić information content (AvgIpc) is 2.75. The molecule has 2 aliphatic rings. The van der Waals surface area contributed by atoms with E-state index in [1.165, 1.54) is 5.01 Å². The van der Waals surface area contributed by atoms with Crippen molar-refractivity contribution in [3.63, 3.8) is 0 Å². The van der Waals surface area contributed by atoms with Crippen LogP contribution in [-0.4, -0.2) is 16.7 Å². The van der Waals surface area contributed by atoms with E-state index in [4.69, 9.17) is 17.3 Å². The predicted octanol–water partition coefficient (Wildman–Crippen LogP) is 4.73. The van der Waals surface area contributed by atoms with E-state index in [2.05, 4.69) is 11.5 Å². The van der Waals surface area contributed by atoms with E-state index < -0.39 is 5.92 Å². The van der Waals surface area contributed by atoms with Crippen LogP contribution in [0.5, 0.6) is 0 Å². The van der Waals surface area contributed by atoms with Gasteiger partial charge < -0.3 is 5.73 Å². The fraction of sp³-hybridized carbons (Fsp3) is 0.269. The van der Waals surface area contributed by atoms with E-state index in [1.54, 1.807) is 30.3 Å². The van der Waals surface area contributed by atoms with Crippen molar-refractivity contribution in [2.24, 2.45) is 11.1 Å². The molecular formula is C26H25ClN4O2. The van der Waals surface area contributed by atoms with E-state index in [-0.39, 0.29) is 28.5 Å². The van der Waals surface area contributed by atoms with Crippen molar-refractivity contribution in [2.75, 3.05) is 0 Å². The van der Waals surface area contributed by atoms with Crippen LogP contribution in [0.1, 0.15) is 54.1 Å². The highest BCUT2D eigenvalue weighted by Gasteiger charge is 2.45. The summed E-state index contributed by atoms with van der Waals surface area (Å²) in [5, 5.41) is 11.9. The largest absolute Gasteiger partial charge is 0.383 e. The number of nitrogens with two attached hydrogens (primary N) is 1. The molecule has 0 saturated carbocycles. The lowest BCUT2D eigenvalue weighted by Gasteiger charge is -2.43. The van der Waals surface area contributed by atoms with E-state index in [0.29, 0.717) is 40.3 Å². The number of ketones is 1. The quantitative estimate of drug-likeness (QED) is 0.689. The molecule has 1 heterocycles. The topological polar surface area (TPSA) is 99.2 Å². The molecule has 4 rings (SSSR count). The molecule has 168 valence electrons. The zero-order chi connectivity index (χ0) is 23.9. The van der Waals surface area contributed by atoms with E-state index in [9.17, 15) is 14.9 Å². The van der Waals surface area contributed by atoms with Crippen molar-refractivity contribution in [1.29, 1.82) is 5.26 Å². The first-order chi connectivity index (χ1) is 15.6. The number of carbonyl (C=O) groups is 2. The Balaban J connectivity index is 1.87. The smallest absolute Gasteiger partial charge is 0.270 e. The van der Waals surface area contributed by atoms with Crippen LogP contribution in [0.4, 0.5) is 0 Å². The summed E-state index contributed by atoms with van der Waals surface area (Å²) in [6, 6.07) is 16.4. The van der Waals surface area contributed by atoms with Crippen LogP contribution in [0.15, 0.2) is 71.2 Å². The summed E-state index contributed by atoms with van der Waals surface area (Å²) in [4.78, 5) is 26.5. The second-order valence-electron chi connectivity index (χ2n) is 9.31. The fourth-order valence-electron chi connectivity index (χ4n) is 4.53. The van der Waals surface area contributed by atoms with Crippen LogP contribution < -0.4 is 11.2 Å². The lowest BCUT2D eigenvalue weighted by molar-refractivity contribution is -0.118. The molecule has 3 N–H and O–H groups in total. The van der Waals surface area contributed by atoms with Gasteiger partial charge in [0.05, 0.1) is 23.3 Å². The summed E-state index contributed by atoms with van der Waals surface area (Å²) < 4.78 is 0. The van der Waals surface area contributed by atoms with Gasteiger partial charge in [0.1, 0.15) is 5.82 Å². The van der Waals surface area contributed by atoms with Gasteiger partial charge in [-0.2, -0.15) is 5.26 Å². The minimum atomic E-state index is -0.685. The molecule has 0 saturated heterocycles. The molecule has 1 unspecified atom stereocenters. The number of aryl methyl sites for hydroxylation is 1. The number of nitrogens with zero attached hydrogens (tertiary/aromatic N) is 2. The van der Waals surface area contributed by atoms with Crippen LogP contribution in [0.2, 0.25) is 5.02 Å². The zero-order valence-electron chi connectivity index (χ0n) is 18.8. The van der Waals surface area contributed by atoms with Crippen LogP contribution in [0.25, 0.3) is 0 Å². The Morgan fingerprint density at radius 1 is 1.18 bits per heavy atom. The molecule has 1 atom stereocenters. The molecule has 0 fully saturated rings. The second kappa shape index (κ2) is 8.42. The molecule has 0 spiro atoms. The van der Waals surface area contributed by atoms with Crippen molar-refractivity contribution < 1.29 is 9.59 Å². The van der Waals surface area contributed by atoms with Gasteiger partial charge in [0.25, 0.3) is 5.91 Å². The Bertz CT molecular complexity index is 1250. The van der Waals surface area contributed by atoms with Gasteiger partial charge in [0.2, 0.25) is 0 Å². The third-order valence-corrected chi connectivity index (χ3v) is 6.47. The normalized spacial score (nSPS) is 19.8. The first-order valence-electron chi connectivity index (χ1n) is 10.7. The molecule has 6 nitrogen and oxygen atoms in total. The number of amides is 1. The molecule has 2 aromatic rings. The Morgan fingerprint density at radius 2 is 1.85 bits per heavy atom. The number of halogens is 1. The van der Waals surface area contributed by atoms with Gasteiger partial charge in [0, 0.05) is 22.6 Å². The second-order valence-corrected chi connectivity index (χ2v) is 9.72. The number of hydrogen-bond acceptors (Lipinski definition) is 5. The molecule has 33 heavy (non-hydrogen) atoms. The Hall–Kier alpha value is -3.56. The number of rotatable bonds is 3. The highest BCUT2D eigenvalue weighted by Crippen LogP contribution is 2.49. The lowest BCUT2D eigenvalue weighted by atomic mass is 9.69. The van der Waals surface area contributed by atoms with Crippen molar-refractivity contribution in [3.05, 3.63) is 92.9 Å². The summed E-state index contributed by atoms with van der Waals surface area (Å²) in [7, 11) is 0. The number of allylic oxidation sites excluding steroid dienone is 3. The van der Waals surface area contributed by atoms with Crippen LogP contribution in [0, 0.1) is 23.7 Å². The third-order valence-electron chi connectivity index (χ3n) is 6.12. The third kappa shape index (κ3) is 4.12. The molecule has 2 aromatic carbocycles. The molecule has 0 bridgehead atoms. The fourth-order valence-corrected chi connectivity index (χ4v) is 4.77. The summed E-state index contributed by atoms with van der Waals surface area (Å²) in [5.41, 5.74) is 12.3. The average molecular weight is 461 g/mol. The first-order valence-corrected chi connectivity index (χ1v) is 11.1. The van der Waals surface area contributed by atoms with Crippen molar-refractivity contribution in [1.82, 2.24) is 10.4 Å². The summed E-state index contributed by atoms with van der Waals surface area (Å²) in [5.74, 6) is -1.06. The van der Waals surface area contributed by atoms with Gasteiger partial charge in [-0.3, -0.25) is 15.0 Å². The van der Waals surface area contributed by atoms with Gasteiger partial charge in [-0.25, -0.2) is 5.01 Å². The molecule has 1 aliphatic heterocycles. The highest BCUT2D eigenvalue weighted by molar-refractivity contribution is 6.31. The minimum Gasteiger partial charge on any atom is -0.383 e. The Labute approximate surface area is 198 Å². The van der Waals surface area contributed by atoms with Gasteiger partial charge in [-0.15, -0.1) is 0 Å². The number of nitriles is 1. The molecule has 0 radical (unpaired) electrons. The maximum Gasteiger partial charge on any atom is 0.270 e. The van der Waals surface area contributed by atoms with Gasteiger partial charge in [-0.1, -0.05) is 61.3 Å². The molecule has 7 heteroatoms. The summed E-state index contributed by atoms with van der Waals surface area (Å²) in [6.45, 7) is 5.94. The number of carbonyl (C=O) groups excluding carboxylic acids is 2. The number of benzene rings is 2. The van der Waals surface area contributed by atoms with Crippen molar-refractivity contribution >= 4 is 23.3 Å². The van der Waals surface area contributed by atoms with Crippen molar-refractivity contribution in [3.8, 4) is 6.07 Å². The number of hydrogen-bond donors (Lipinski definition) is 2. The Morgan fingerprint density at radius 3 is 2.48 bits per heavy atom. The molecule has 0 aromatic heterocycles. The van der Waals surface area contributed by atoms with Crippen molar-refractivity contribution in [2.45, 2.75) is 39.5 Å². The van der Waals surface area contributed by atoms with E-state index in [1.807, 2.05) is 39.0 Å². The first kappa shape index (κ1) is 22.6. The van der Waals surface area contributed by atoms with E-state index in [0.717, 1.165) is 5.56 Å². The minimum absolute atomic E-state index is 0.0824. The predicted molar refractivity (Wildman–Crippen MR) is 127 cm³/mol. The molecule has 1 aliphatic carbocycles. The number of Topliss-reactive ketones (excluding diaryl/α,β-unsaturated/α-hetero) is 1. The SMILES string of the molecule is Cc1ccc(C(=O)NN2C(N)=C(C#N)C(c3ccccc3Cl)C3=C2CC(C)(C)CC3=O)cc1. The zero-order valence-corrected chi connectivity index (χ0v) is 19.5. The van der Waals surface area contributed by atoms with Gasteiger partial charge >= 0.3 is 0 Å². The standard InChI is InChI=1S/C26H25ClN4O2/c1-15-8-10-16(11-9-15)25(33)30-31-20-12-26(2,3)13-21(32)23(20)22(18(14-28)24(31)29)17-6-4-5-7-19(17)27/h4-11,22H,12-13,29H2,1-3H3,(H,30,33). The van der Waals surface area contributed by atoms with Gasteiger partial charge in [0.15, 0.2) is 5.78 Å². The van der Waals surface area contributed by atoms with Crippen LogP contribution in [0.3, 0.4) is 0 Å². The summed E-state index contributed by atoms with van der Waals surface area (Å²) in [6.07, 6.45) is 0.827.